The van der Waals surface area contributed by atoms with Gasteiger partial charge >= 0.3 is 0 Å². The van der Waals surface area contributed by atoms with Gasteiger partial charge in [0.05, 0.1) is 12.3 Å². The molecule has 2 heterocycles. The van der Waals surface area contributed by atoms with Crippen LogP contribution < -0.4 is 11.0 Å². The van der Waals surface area contributed by atoms with Crippen molar-refractivity contribution >= 4 is 17.5 Å². The van der Waals surface area contributed by atoms with E-state index in [-0.39, 0.29) is 11.3 Å². The molecule has 7 nitrogen and oxygen atoms in total. The first-order valence-electron chi connectivity index (χ1n) is 9.28. The molecule has 1 saturated heterocycles. The monoisotopic (exact) mass is 435 g/mol. The van der Waals surface area contributed by atoms with Crippen molar-refractivity contribution in [1.29, 1.82) is 0 Å². The number of halogens is 3. The fourth-order valence-electron chi connectivity index (χ4n) is 3.22. The fourth-order valence-corrected chi connectivity index (χ4v) is 4.49. The molecule has 2 aliphatic rings. The maximum Gasteiger partial charge on any atom is 0.194 e. The quantitative estimate of drug-likeness (QED) is 0.321. The largest absolute Gasteiger partial charge is 0.394 e. The lowest BCUT2D eigenvalue weighted by Gasteiger charge is -2.45. The minimum Gasteiger partial charge on any atom is -0.394 e. The van der Waals surface area contributed by atoms with Crippen molar-refractivity contribution in [2.24, 2.45) is 0 Å². The molecule has 2 aliphatic heterocycles. The summed E-state index contributed by atoms with van der Waals surface area (Å²) in [6, 6.07) is 0.749. The zero-order chi connectivity index (χ0) is 21.1. The minimum atomic E-state index is -1.56. The molecule has 11 heteroatoms. The summed E-state index contributed by atoms with van der Waals surface area (Å²) in [5.41, 5.74) is 4.97. The molecule has 0 aliphatic carbocycles. The Morgan fingerprint density at radius 2 is 1.86 bits per heavy atom. The number of hydrazine groups is 2. The Balaban J connectivity index is 1.81. The van der Waals surface area contributed by atoms with E-state index in [9.17, 15) is 28.5 Å². The van der Waals surface area contributed by atoms with E-state index in [4.69, 9.17) is 4.74 Å². The zero-order valence-electron chi connectivity index (χ0n) is 15.7. The van der Waals surface area contributed by atoms with Crippen LogP contribution in [0.25, 0.3) is 5.70 Å². The number of ether oxygens (including phenoxy) is 1. The maximum absolute atomic E-state index is 13.5. The summed E-state index contributed by atoms with van der Waals surface area (Å²) in [4.78, 5) is 0. The van der Waals surface area contributed by atoms with Crippen LogP contribution in [0.15, 0.2) is 18.3 Å². The summed E-state index contributed by atoms with van der Waals surface area (Å²) in [7, 11) is 0. The molecule has 0 bridgehead atoms. The first kappa shape index (κ1) is 22.2. The number of rotatable bonds is 7. The highest BCUT2D eigenvalue weighted by molar-refractivity contribution is 7.99. The van der Waals surface area contributed by atoms with E-state index in [1.165, 1.54) is 23.0 Å². The van der Waals surface area contributed by atoms with Gasteiger partial charge in [-0.05, 0) is 24.3 Å². The van der Waals surface area contributed by atoms with Crippen LogP contribution in [0.1, 0.15) is 25.3 Å². The van der Waals surface area contributed by atoms with Gasteiger partial charge in [0.2, 0.25) is 0 Å². The fraction of sp³-hybridized carbons (Fsp3) is 0.556. The predicted octanol–water partition coefficient (Wildman–Crippen LogP) is 1.07. The van der Waals surface area contributed by atoms with Gasteiger partial charge < -0.3 is 25.5 Å². The van der Waals surface area contributed by atoms with Gasteiger partial charge in [-0.3, -0.25) is 5.01 Å². The molecule has 5 atom stereocenters. The number of nitrogens with one attached hydrogen (secondary N) is 2. The minimum absolute atomic E-state index is 0.0417. The van der Waals surface area contributed by atoms with Gasteiger partial charge in [0.15, 0.2) is 17.5 Å². The van der Waals surface area contributed by atoms with E-state index in [1.807, 2.05) is 6.92 Å². The second-order valence-electron chi connectivity index (χ2n) is 6.86. The molecule has 29 heavy (non-hydrogen) atoms. The average molecular weight is 435 g/mol. The second kappa shape index (κ2) is 9.54. The van der Waals surface area contributed by atoms with E-state index in [0.717, 1.165) is 30.7 Å². The highest BCUT2D eigenvalue weighted by Crippen LogP contribution is 2.32. The molecule has 2 unspecified atom stereocenters. The van der Waals surface area contributed by atoms with Gasteiger partial charge in [-0.25, -0.2) is 13.2 Å². The topological polar surface area (TPSA) is 97.2 Å². The third kappa shape index (κ3) is 4.65. The van der Waals surface area contributed by atoms with Crippen molar-refractivity contribution in [1.82, 2.24) is 16.0 Å². The highest BCUT2D eigenvalue weighted by atomic mass is 32.2. The Labute approximate surface area is 170 Å². The van der Waals surface area contributed by atoms with Crippen LogP contribution in [-0.4, -0.2) is 62.5 Å². The number of hydrogen-bond donors (Lipinski definition) is 5. The number of thioether (sulfide) groups is 1. The molecule has 1 aromatic carbocycles. The molecule has 0 saturated carbocycles. The molecule has 1 fully saturated rings. The van der Waals surface area contributed by atoms with Crippen molar-refractivity contribution in [2.75, 3.05) is 12.4 Å². The standard InChI is InChI=1S/C18H24F3N3O4S/c1-2-3-4-29-18-17(27)15(16(26)13(8-25)28-18)24-7-12(22-23-24)9-5-10(19)14(21)11(20)6-9/h5-7,13,15-18,22-23,25-27H,2-4,8H2,1H3/t13?,15-,16-,17?,18+/m0/s1. The van der Waals surface area contributed by atoms with Crippen LogP contribution in [-0.2, 0) is 4.74 Å². The SMILES string of the molecule is CCCCS[C@H]1OC(CO)[C@H](O)[C@H](N2C=C(c3cc(F)c(F)c(F)c3)NN2)C1O. The molecule has 0 aromatic heterocycles. The van der Waals surface area contributed by atoms with Crippen LogP contribution in [0.5, 0.6) is 0 Å². The first-order valence-corrected chi connectivity index (χ1v) is 10.3. The van der Waals surface area contributed by atoms with Crippen LogP contribution in [0, 0.1) is 17.5 Å². The average Bonchev–Trinajstić information content (AvgIpc) is 3.17. The summed E-state index contributed by atoms with van der Waals surface area (Å²) < 4.78 is 45.9. The first-order chi connectivity index (χ1) is 13.9. The van der Waals surface area contributed by atoms with E-state index in [2.05, 4.69) is 11.0 Å². The molecular weight excluding hydrogens is 411 g/mol. The Bertz CT molecular complexity index is 734. The summed E-state index contributed by atoms with van der Waals surface area (Å²) in [5, 5.41) is 32.2. The number of aliphatic hydroxyl groups excluding tert-OH is 3. The van der Waals surface area contributed by atoms with Gasteiger partial charge in [0, 0.05) is 11.8 Å². The summed E-state index contributed by atoms with van der Waals surface area (Å²) in [6.07, 6.45) is 0.00779. The number of benzene rings is 1. The van der Waals surface area contributed by atoms with E-state index in [1.54, 1.807) is 0 Å². The number of unbranched alkanes of at least 4 members (excludes halogenated alkanes) is 1. The third-order valence-electron chi connectivity index (χ3n) is 4.83. The predicted molar refractivity (Wildman–Crippen MR) is 101 cm³/mol. The van der Waals surface area contributed by atoms with Crippen molar-refractivity contribution in [3.05, 3.63) is 41.3 Å². The van der Waals surface area contributed by atoms with Crippen molar-refractivity contribution in [3.63, 3.8) is 0 Å². The Morgan fingerprint density at radius 3 is 2.48 bits per heavy atom. The smallest absolute Gasteiger partial charge is 0.194 e. The van der Waals surface area contributed by atoms with Gasteiger partial charge in [0.25, 0.3) is 0 Å². The number of nitrogens with zero attached hydrogens (tertiary/aromatic N) is 1. The van der Waals surface area contributed by atoms with Crippen LogP contribution in [0.2, 0.25) is 0 Å². The molecule has 162 valence electrons. The van der Waals surface area contributed by atoms with Crippen LogP contribution in [0.4, 0.5) is 13.2 Å². The van der Waals surface area contributed by atoms with Gasteiger partial charge in [0.1, 0.15) is 29.8 Å². The molecule has 5 N–H and O–H groups in total. The molecule has 0 spiro atoms. The molecule has 0 radical (unpaired) electrons. The van der Waals surface area contributed by atoms with Gasteiger partial charge in [-0.1, -0.05) is 13.3 Å². The third-order valence-corrected chi connectivity index (χ3v) is 6.08. The second-order valence-corrected chi connectivity index (χ2v) is 8.07. The molecular formula is C18H24F3N3O4S. The summed E-state index contributed by atoms with van der Waals surface area (Å²) >= 11 is 1.39. The van der Waals surface area contributed by atoms with E-state index >= 15 is 0 Å². The van der Waals surface area contributed by atoms with Crippen molar-refractivity contribution < 1.29 is 33.2 Å². The number of aliphatic hydroxyl groups is 3. The maximum atomic E-state index is 13.5. The lowest BCUT2D eigenvalue weighted by atomic mass is 9.97. The van der Waals surface area contributed by atoms with Crippen molar-refractivity contribution in [2.45, 2.75) is 49.6 Å². The lowest BCUT2D eigenvalue weighted by molar-refractivity contribution is -0.189. The van der Waals surface area contributed by atoms with Crippen LogP contribution in [0.3, 0.4) is 0 Å². The van der Waals surface area contributed by atoms with Gasteiger partial charge in [-0.2, -0.15) is 0 Å². The summed E-state index contributed by atoms with van der Waals surface area (Å²) in [5.74, 6) is -3.50. The Morgan fingerprint density at radius 1 is 1.17 bits per heavy atom. The van der Waals surface area contributed by atoms with Crippen LogP contribution >= 0.6 is 11.8 Å². The highest BCUT2D eigenvalue weighted by Gasteiger charge is 2.47. The van der Waals surface area contributed by atoms with E-state index in [0.29, 0.717) is 0 Å². The Kier molecular flexibility index (Phi) is 7.30. The normalized spacial score (nSPS) is 29.7. The molecule has 0 amide bonds. The summed E-state index contributed by atoms with van der Waals surface area (Å²) in [6.45, 7) is 1.59. The molecule has 3 rings (SSSR count). The lowest BCUT2D eigenvalue weighted by Crippen LogP contribution is -2.65. The van der Waals surface area contributed by atoms with E-state index < -0.39 is 53.8 Å². The van der Waals surface area contributed by atoms with Gasteiger partial charge in [-0.15, -0.1) is 17.3 Å². The molecule has 1 aromatic rings. The van der Waals surface area contributed by atoms with Crippen molar-refractivity contribution in [3.8, 4) is 0 Å². The number of hydrogen-bond acceptors (Lipinski definition) is 8. The zero-order valence-corrected chi connectivity index (χ0v) is 16.5. The Hall–Kier alpha value is -1.50.